The summed E-state index contributed by atoms with van der Waals surface area (Å²) in [6, 6.07) is 22.5. The Morgan fingerprint density at radius 1 is 0.946 bits per heavy atom. The minimum absolute atomic E-state index is 0.000529. The van der Waals surface area contributed by atoms with E-state index in [1.807, 2.05) is 107 Å². The maximum Gasteiger partial charge on any atom is 0.322 e. The normalized spacial score (nSPS) is 11.4. The number of ketones is 1. The standard InChI is InChI=1S/C31H35NO4S/c1-23-11-15-25(16-12-23)28(33)10-7-19-32(22-26-9-8-20-35-26)21-24-13-17-27(18-14-24)37-31(5,6)29(34)36-30(2,3)4/h8-9,11-18,20H,10,21-22H2,1-6H3. The second-order valence-corrected chi connectivity index (χ2v) is 12.1. The Morgan fingerprint density at radius 2 is 1.62 bits per heavy atom. The van der Waals surface area contributed by atoms with Gasteiger partial charge in [0.25, 0.3) is 0 Å². The van der Waals surface area contributed by atoms with Crippen molar-refractivity contribution in [2.24, 2.45) is 0 Å². The van der Waals surface area contributed by atoms with E-state index < -0.39 is 10.3 Å². The summed E-state index contributed by atoms with van der Waals surface area (Å²) in [6.45, 7) is 12.4. The van der Waals surface area contributed by atoms with Gasteiger partial charge in [-0.25, -0.2) is 0 Å². The first-order valence-corrected chi connectivity index (χ1v) is 13.1. The molecule has 0 saturated heterocycles. The van der Waals surface area contributed by atoms with Gasteiger partial charge in [0.1, 0.15) is 16.1 Å². The molecule has 3 aromatic rings. The van der Waals surface area contributed by atoms with E-state index in [0.29, 0.717) is 18.7 Å². The molecule has 0 saturated carbocycles. The number of ether oxygens (including phenoxy) is 1. The van der Waals surface area contributed by atoms with Crippen LogP contribution < -0.4 is 0 Å². The molecule has 3 rings (SSSR count). The lowest BCUT2D eigenvalue weighted by molar-refractivity contribution is -0.156. The third-order valence-electron chi connectivity index (χ3n) is 5.35. The summed E-state index contributed by atoms with van der Waals surface area (Å²) in [6.07, 6.45) is 1.79. The number of nitrogens with zero attached hydrogens (tertiary/aromatic N) is 1. The molecule has 0 aliphatic heterocycles. The number of esters is 1. The summed E-state index contributed by atoms with van der Waals surface area (Å²) < 4.78 is 10.4. The predicted molar refractivity (Wildman–Crippen MR) is 148 cm³/mol. The Balaban J connectivity index is 1.67. The van der Waals surface area contributed by atoms with Crippen LogP contribution in [0.25, 0.3) is 0 Å². The Kier molecular flexibility index (Phi) is 9.29. The molecular formula is C31H35NO4S. The van der Waals surface area contributed by atoms with Gasteiger partial charge in [-0.05, 0) is 71.4 Å². The number of furan rings is 1. The number of Topliss-reactive ketones (excluding diaryl/α,β-unsaturated/α-hetero) is 1. The highest BCUT2D eigenvalue weighted by Gasteiger charge is 2.33. The lowest BCUT2D eigenvalue weighted by atomic mass is 10.1. The Hall–Kier alpha value is -3.43. The summed E-state index contributed by atoms with van der Waals surface area (Å²) >= 11 is 1.47. The Labute approximate surface area is 224 Å². The highest BCUT2D eigenvalue weighted by Crippen LogP contribution is 2.34. The third-order valence-corrected chi connectivity index (χ3v) is 6.53. The van der Waals surface area contributed by atoms with Crippen LogP contribution in [0.15, 0.2) is 76.2 Å². The van der Waals surface area contributed by atoms with Gasteiger partial charge in [0.05, 0.1) is 25.8 Å². The molecule has 6 heteroatoms. The molecule has 1 heterocycles. The molecule has 5 nitrogen and oxygen atoms in total. The average Bonchev–Trinajstić information content (AvgIpc) is 3.32. The third kappa shape index (κ3) is 9.18. The molecule has 0 spiro atoms. The molecule has 37 heavy (non-hydrogen) atoms. The van der Waals surface area contributed by atoms with Crippen LogP contribution in [0.2, 0.25) is 0 Å². The second-order valence-electron chi connectivity index (χ2n) is 10.4. The fraction of sp³-hybridized carbons (Fsp3) is 0.355. The van der Waals surface area contributed by atoms with E-state index in [-0.39, 0.29) is 18.2 Å². The zero-order valence-electron chi connectivity index (χ0n) is 22.5. The minimum atomic E-state index is -0.713. The number of hydrogen-bond acceptors (Lipinski definition) is 6. The largest absolute Gasteiger partial charge is 0.467 e. The number of aryl methyl sites for hydroxylation is 1. The minimum Gasteiger partial charge on any atom is -0.467 e. The van der Waals surface area contributed by atoms with E-state index in [9.17, 15) is 9.59 Å². The first kappa shape index (κ1) is 28.1. The summed E-state index contributed by atoms with van der Waals surface area (Å²) in [5.41, 5.74) is 2.32. The molecule has 0 N–H and O–H groups in total. The highest BCUT2D eigenvalue weighted by atomic mass is 32.2. The van der Waals surface area contributed by atoms with Crippen LogP contribution >= 0.6 is 11.8 Å². The molecule has 0 aliphatic rings. The molecule has 0 amide bonds. The highest BCUT2D eigenvalue weighted by molar-refractivity contribution is 8.01. The SMILES string of the molecule is Cc1ccc(C(=O)CC#CN(Cc2ccc(SC(C)(C)C(=O)OC(C)(C)C)cc2)Cc2ccco2)cc1. The van der Waals surface area contributed by atoms with Crippen molar-refractivity contribution >= 4 is 23.5 Å². The maximum atomic E-state index is 12.6. The molecule has 0 unspecified atom stereocenters. The summed E-state index contributed by atoms with van der Waals surface area (Å²) in [5.74, 6) is 3.59. The quantitative estimate of drug-likeness (QED) is 0.0998. The van der Waals surface area contributed by atoms with E-state index in [0.717, 1.165) is 21.8 Å². The summed E-state index contributed by atoms with van der Waals surface area (Å²) in [7, 11) is 0. The van der Waals surface area contributed by atoms with Gasteiger partial charge in [-0.3, -0.25) is 9.59 Å². The van der Waals surface area contributed by atoms with Crippen molar-refractivity contribution in [1.29, 1.82) is 0 Å². The van der Waals surface area contributed by atoms with Crippen molar-refractivity contribution < 1.29 is 18.7 Å². The molecular weight excluding hydrogens is 482 g/mol. The van der Waals surface area contributed by atoms with Crippen LogP contribution in [0.1, 0.15) is 68.3 Å². The van der Waals surface area contributed by atoms with Crippen molar-refractivity contribution in [1.82, 2.24) is 4.90 Å². The first-order chi connectivity index (χ1) is 17.4. The van der Waals surface area contributed by atoms with Gasteiger partial charge in [0, 0.05) is 16.5 Å². The van der Waals surface area contributed by atoms with E-state index in [1.165, 1.54) is 11.8 Å². The van der Waals surface area contributed by atoms with Crippen LogP contribution in [0.5, 0.6) is 0 Å². The lowest BCUT2D eigenvalue weighted by Gasteiger charge is -2.28. The summed E-state index contributed by atoms with van der Waals surface area (Å²) in [5, 5.41) is 0. The number of carbonyl (C=O) groups excluding carboxylic acids is 2. The number of thioether (sulfide) groups is 1. The summed E-state index contributed by atoms with van der Waals surface area (Å²) in [4.78, 5) is 28.0. The topological polar surface area (TPSA) is 59.8 Å². The van der Waals surface area contributed by atoms with Crippen LogP contribution in [0.4, 0.5) is 0 Å². The van der Waals surface area contributed by atoms with Crippen LogP contribution in [-0.2, 0) is 22.6 Å². The molecule has 0 atom stereocenters. The fourth-order valence-corrected chi connectivity index (χ4v) is 4.41. The van der Waals surface area contributed by atoms with Crippen molar-refractivity contribution in [3.05, 3.63) is 89.4 Å². The van der Waals surface area contributed by atoms with E-state index >= 15 is 0 Å². The molecule has 0 aliphatic carbocycles. The maximum absolute atomic E-state index is 12.6. The fourth-order valence-electron chi connectivity index (χ4n) is 3.42. The predicted octanol–water partition coefficient (Wildman–Crippen LogP) is 7.04. The van der Waals surface area contributed by atoms with Crippen LogP contribution in [-0.4, -0.2) is 27.0 Å². The van der Waals surface area contributed by atoms with Gasteiger partial charge in [-0.15, -0.1) is 11.8 Å². The lowest BCUT2D eigenvalue weighted by Crippen LogP contribution is -2.36. The number of hydrogen-bond donors (Lipinski definition) is 0. The van der Waals surface area contributed by atoms with Crippen molar-refractivity contribution in [2.45, 2.75) is 76.3 Å². The molecule has 0 fully saturated rings. The Bertz CT molecular complexity index is 1240. The second kappa shape index (κ2) is 12.2. The van der Waals surface area contributed by atoms with Gasteiger partial charge >= 0.3 is 5.97 Å². The number of carbonyl (C=O) groups is 2. The molecule has 2 aromatic carbocycles. The van der Waals surface area contributed by atoms with E-state index in [1.54, 1.807) is 6.26 Å². The van der Waals surface area contributed by atoms with Gasteiger partial charge in [0.2, 0.25) is 0 Å². The van der Waals surface area contributed by atoms with Crippen molar-refractivity contribution in [2.75, 3.05) is 0 Å². The van der Waals surface area contributed by atoms with Gasteiger partial charge in [-0.2, -0.15) is 0 Å². The number of benzene rings is 2. The first-order valence-electron chi connectivity index (χ1n) is 12.3. The van der Waals surface area contributed by atoms with E-state index in [2.05, 4.69) is 12.0 Å². The average molecular weight is 518 g/mol. The molecule has 194 valence electrons. The van der Waals surface area contributed by atoms with Gasteiger partial charge in [-0.1, -0.05) is 47.9 Å². The van der Waals surface area contributed by atoms with Crippen LogP contribution in [0, 0.1) is 18.9 Å². The smallest absolute Gasteiger partial charge is 0.322 e. The van der Waals surface area contributed by atoms with Gasteiger partial charge in [0.15, 0.2) is 5.78 Å². The van der Waals surface area contributed by atoms with E-state index in [4.69, 9.17) is 9.15 Å². The van der Waals surface area contributed by atoms with Crippen molar-refractivity contribution in [3.63, 3.8) is 0 Å². The van der Waals surface area contributed by atoms with Gasteiger partial charge < -0.3 is 14.1 Å². The molecule has 1 aromatic heterocycles. The Morgan fingerprint density at radius 3 is 2.22 bits per heavy atom. The zero-order valence-corrected chi connectivity index (χ0v) is 23.3. The zero-order chi connectivity index (χ0) is 27.1. The van der Waals surface area contributed by atoms with Crippen LogP contribution in [0.3, 0.4) is 0 Å². The van der Waals surface area contributed by atoms with Crippen molar-refractivity contribution in [3.8, 4) is 12.0 Å². The molecule has 0 radical (unpaired) electrons. The number of rotatable bonds is 9. The molecule has 0 bridgehead atoms. The monoisotopic (exact) mass is 517 g/mol.